The summed E-state index contributed by atoms with van der Waals surface area (Å²) in [5.74, 6) is 0.139. The highest BCUT2D eigenvalue weighted by molar-refractivity contribution is 7.89. The highest BCUT2D eigenvalue weighted by Crippen LogP contribution is 2.17. The fourth-order valence-electron chi connectivity index (χ4n) is 1.86. The monoisotopic (exact) mass is 293 g/mol. The number of hydrogen-bond donors (Lipinski definition) is 0. The first kappa shape index (κ1) is 14.7. The van der Waals surface area contributed by atoms with Crippen molar-refractivity contribution in [1.29, 1.82) is 0 Å². The predicted octanol–water partition coefficient (Wildman–Crippen LogP) is 1.83. The van der Waals surface area contributed by atoms with Crippen LogP contribution in [0.25, 0.3) is 11.1 Å². The summed E-state index contributed by atoms with van der Waals surface area (Å²) in [6.07, 6.45) is 4.30. The molecule has 5 nitrogen and oxygen atoms in total. The van der Waals surface area contributed by atoms with Gasteiger partial charge in [-0.25, -0.2) is 12.7 Å². The van der Waals surface area contributed by atoms with Gasteiger partial charge in [0.15, 0.2) is 0 Å². The van der Waals surface area contributed by atoms with E-state index in [-0.39, 0.29) is 5.75 Å². The maximum atomic E-state index is 11.6. The van der Waals surface area contributed by atoms with Crippen LogP contribution in [0.1, 0.15) is 6.42 Å². The van der Waals surface area contributed by atoms with Gasteiger partial charge in [0.1, 0.15) is 0 Å². The second-order valence-electron chi connectivity index (χ2n) is 4.81. The molecule has 0 atom stereocenters. The molecule has 0 radical (unpaired) electrons. The fourth-order valence-corrected chi connectivity index (χ4v) is 2.72. The molecule has 0 fully saturated rings. The SMILES string of the molecule is CN(C)S(=O)(=O)CCCn1cc(-c2ccccc2)cn1. The number of aryl methyl sites for hydroxylation is 1. The summed E-state index contributed by atoms with van der Waals surface area (Å²) in [5, 5.41) is 4.27. The number of sulfonamides is 1. The van der Waals surface area contributed by atoms with Gasteiger partial charge in [0.05, 0.1) is 11.9 Å². The number of nitrogens with zero attached hydrogens (tertiary/aromatic N) is 3. The Balaban J connectivity index is 1.94. The summed E-state index contributed by atoms with van der Waals surface area (Å²) in [6, 6.07) is 9.99. The molecule has 0 aliphatic carbocycles. The lowest BCUT2D eigenvalue weighted by Crippen LogP contribution is -2.25. The van der Waals surface area contributed by atoms with Crippen LogP contribution in [0.2, 0.25) is 0 Å². The molecule has 20 heavy (non-hydrogen) atoms. The molecule has 0 aliphatic rings. The molecule has 0 amide bonds. The van der Waals surface area contributed by atoms with Gasteiger partial charge in [0.25, 0.3) is 0 Å². The van der Waals surface area contributed by atoms with E-state index in [0.29, 0.717) is 13.0 Å². The quantitative estimate of drug-likeness (QED) is 0.816. The smallest absolute Gasteiger partial charge is 0.213 e. The Morgan fingerprint density at radius 2 is 1.85 bits per heavy atom. The van der Waals surface area contributed by atoms with Crippen molar-refractivity contribution in [2.45, 2.75) is 13.0 Å². The van der Waals surface area contributed by atoms with E-state index in [4.69, 9.17) is 0 Å². The average molecular weight is 293 g/mol. The molecule has 1 aromatic carbocycles. The standard InChI is InChI=1S/C14H19N3O2S/c1-16(2)20(18,19)10-6-9-17-12-14(11-15-17)13-7-4-3-5-8-13/h3-5,7-8,11-12H,6,9-10H2,1-2H3. The lowest BCUT2D eigenvalue weighted by Gasteiger charge is -2.10. The molecule has 0 bridgehead atoms. The summed E-state index contributed by atoms with van der Waals surface area (Å²) < 4.78 is 26.3. The van der Waals surface area contributed by atoms with Gasteiger partial charge in [-0.3, -0.25) is 4.68 Å². The summed E-state index contributed by atoms with van der Waals surface area (Å²) in [5.41, 5.74) is 2.15. The third-order valence-electron chi connectivity index (χ3n) is 3.09. The molecule has 0 spiro atoms. The maximum Gasteiger partial charge on any atom is 0.213 e. The van der Waals surface area contributed by atoms with E-state index in [1.54, 1.807) is 25.0 Å². The van der Waals surface area contributed by atoms with Crippen LogP contribution >= 0.6 is 0 Å². The van der Waals surface area contributed by atoms with Crippen LogP contribution in [0.5, 0.6) is 0 Å². The van der Waals surface area contributed by atoms with Crippen molar-refractivity contribution in [2.24, 2.45) is 0 Å². The molecule has 0 aliphatic heterocycles. The Hall–Kier alpha value is -1.66. The van der Waals surface area contributed by atoms with Gasteiger partial charge in [-0.05, 0) is 12.0 Å². The van der Waals surface area contributed by atoms with E-state index in [1.165, 1.54) is 4.31 Å². The van der Waals surface area contributed by atoms with Crippen molar-refractivity contribution in [2.75, 3.05) is 19.8 Å². The third kappa shape index (κ3) is 3.68. The zero-order valence-corrected chi connectivity index (χ0v) is 12.5. The Kier molecular flexibility index (Phi) is 4.57. The van der Waals surface area contributed by atoms with Crippen molar-refractivity contribution in [1.82, 2.24) is 14.1 Å². The van der Waals surface area contributed by atoms with Crippen molar-refractivity contribution in [3.63, 3.8) is 0 Å². The van der Waals surface area contributed by atoms with E-state index < -0.39 is 10.0 Å². The van der Waals surface area contributed by atoms with Crippen LogP contribution in [0, 0.1) is 0 Å². The molecule has 6 heteroatoms. The van der Waals surface area contributed by atoms with Crippen molar-refractivity contribution in [3.8, 4) is 11.1 Å². The minimum Gasteiger partial charge on any atom is -0.272 e. The zero-order chi connectivity index (χ0) is 14.6. The number of hydrogen-bond acceptors (Lipinski definition) is 3. The number of aromatic nitrogens is 2. The van der Waals surface area contributed by atoms with Crippen LogP contribution in [0.15, 0.2) is 42.7 Å². The largest absolute Gasteiger partial charge is 0.272 e. The van der Waals surface area contributed by atoms with Crippen molar-refractivity contribution >= 4 is 10.0 Å². The molecular formula is C14H19N3O2S. The predicted molar refractivity (Wildman–Crippen MR) is 79.8 cm³/mol. The highest BCUT2D eigenvalue weighted by Gasteiger charge is 2.12. The molecule has 0 saturated carbocycles. The van der Waals surface area contributed by atoms with Crippen LogP contribution in [0.4, 0.5) is 0 Å². The second-order valence-corrected chi connectivity index (χ2v) is 7.11. The molecule has 0 N–H and O–H groups in total. The van der Waals surface area contributed by atoms with Gasteiger partial charge in [0, 0.05) is 32.4 Å². The third-order valence-corrected chi connectivity index (χ3v) is 5.00. The fraction of sp³-hybridized carbons (Fsp3) is 0.357. The van der Waals surface area contributed by atoms with Gasteiger partial charge in [-0.1, -0.05) is 30.3 Å². The van der Waals surface area contributed by atoms with Crippen LogP contribution in [0.3, 0.4) is 0 Å². The van der Waals surface area contributed by atoms with Crippen LogP contribution in [-0.2, 0) is 16.6 Å². The summed E-state index contributed by atoms with van der Waals surface area (Å²) in [7, 11) is -0.0168. The molecule has 0 saturated heterocycles. The first-order valence-corrected chi connectivity index (χ1v) is 8.08. The van der Waals surface area contributed by atoms with Crippen molar-refractivity contribution < 1.29 is 8.42 Å². The maximum absolute atomic E-state index is 11.6. The van der Waals surface area contributed by atoms with E-state index in [0.717, 1.165) is 11.1 Å². The van der Waals surface area contributed by atoms with Gasteiger partial charge < -0.3 is 0 Å². The molecule has 2 rings (SSSR count). The molecule has 0 unspecified atom stereocenters. The summed E-state index contributed by atoms with van der Waals surface area (Å²) in [4.78, 5) is 0. The van der Waals surface area contributed by atoms with E-state index in [1.807, 2.05) is 36.5 Å². The molecule has 1 aromatic heterocycles. The highest BCUT2D eigenvalue weighted by atomic mass is 32.2. The van der Waals surface area contributed by atoms with Crippen LogP contribution in [-0.4, -0.2) is 42.4 Å². The topological polar surface area (TPSA) is 55.2 Å². The first-order valence-electron chi connectivity index (χ1n) is 6.47. The summed E-state index contributed by atoms with van der Waals surface area (Å²) in [6.45, 7) is 0.597. The zero-order valence-electron chi connectivity index (χ0n) is 11.7. The Morgan fingerprint density at radius 3 is 2.50 bits per heavy atom. The minimum absolute atomic E-state index is 0.139. The molecule has 108 valence electrons. The number of rotatable bonds is 6. The van der Waals surface area contributed by atoms with Gasteiger partial charge in [-0.2, -0.15) is 5.10 Å². The number of benzene rings is 1. The molecule has 2 aromatic rings. The van der Waals surface area contributed by atoms with E-state index in [2.05, 4.69) is 5.10 Å². The van der Waals surface area contributed by atoms with E-state index >= 15 is 0 Å². The van der Waals surface area contributed by atoms with E-state index in [9.17, 15) is 8.42 Å². The van der Waals surface area contributed by atoms with Crippen molar-refractivity contribution in [3.05, 3.63) is 42.7 Å². The second kappa shape index (κ2) is 6.19. The Morgan fingerprint density at radius 1 is 1.15 bits per heavy atom. The Labute approximate surface area is 119 Å². The molecule has 1 heterocycles. The minimum atomic E-state index is -3.12. The normalized spacial score (nSPS) is 11.9. The average Bonchev–Trinajstić information content (AvgIpc) is 2.88. The van der Waals surface area contributed by atoms with Gasteiger partial charge >= 0.3 is 0 Å². The molecular weight excluding hydrogens is 274 g/mol. The van der Waals surface area contributed by atoms with Gasteiger partial charge in [-0.15, -0.1) is 0 Å². The first-order chi connectivity index (χ1) is 9.49. The van der Waals surface area contributed by atoms with Gasteiger partial charge in [0.2, 0.25) is 10.0 Å². The Bertz CT molecular complexity index is 648. The lowest BCUT2D eigenvalue weighted by molar-refractivity contribution is 0.511. The lowest BCUT2D eigenvalue weighted by atomic mass is 10.1. The van der Waals surface area contributed by atoms with Crippen LogP contribution < -0.4 is 0 Å². The summed E-state index contributed by atoms with van der Waals surface area (Å²) >= 11 is 0.